The van der Waals surface area contributed by atoms with E-state index in [9.17, 15) is 4.79 Å². The average Bonchev–Trinajstić information content (AvgIpc) is 2.57. The molecule has 0 unspecified atom stereocenters. The monoisotopic (exact) mass is 297 g/mol. The standard InChI is InChI=1S/C16H19N5O/c22-15(20-16-18-6-1-7-19-16)14-4-2-13(3-5-14)12-21-10-8-17-9-11-21/h1-7,17H,8-12H2,(H,18,19,20,22). The third-order valence-electron chi connectivity index (χ3n) is 3.62. The molecule has 114 valence electrons. The first kappa shape index (κ1) is 14.6. The summed E-state index contributed by atoms with van der Waals surface area (Å²) in [4.78, 5) is 22.5. The molecule has 3 rings (SSSR count). The van der Waals surface area contributed by atoms with Crippen LogP contribution >= 0.6 is 0 Å². The maximum Gasteiger partial charge on any atom is 0.258 e. The zero-order valence-electron chi connectivity index (χ0n) is 12.3. The molecular weight excluding hydrogens is 278 g/mol. The molecule has 1 aromatic carbocycles. The van der Waals surface area contributed by atoms with Gasteiger partial charge in [-0.15, -0.1) is 0 Å². The number of benzene rings is 1. The van der Waals surface area contributed by atoms with E-state index in [1.807, 2.05) is 24.3 Å². The van der Waals surface area contributed by atoms with E-state index in [1.54, 1.807) is 18.5 Å². The Hall–Kier alpha value is -2.31. The lowest BCUT2D eigenvalue weighted by Gasteiger charge is -2.27. The second-order valence-electron chi connectivity index (χ2n) is 5.25. The van der Waals surface area contributed by atoms with Crippen molar-refractivity contribution >= 4 is 11.9 Å². The van der Waals surface area contributed by atoms with Crippen molar-refractivity contribution in [2.45, 2.75) is 6.54 Å². The minimum atomic E-state index is -0.195. The molecule has 6 nitrogen and oxygen atoms in total. The molecule has 1 aliphatic heterocycles. The van der Waals surface area contributed by atoms with E-state index >= 15 is 0 Å². The van der Waals surface area contributed by atoms with Crippen molar-refractivity contribution in [1.29, 1.82) is 0 Å². The number of anilines is 1. The van der Waals surface area contributed by atoms with E-state index < -0.39 is 0 Å². The quantitative estimate of drug-likeness (QED) is 0.885. The van der Waals surface area contributed by atoms with Gasteiger partial charge in [0.15, 0.2) is 0 Å². The van der Waals surface area contributed by atoms with Gasteiger partial charge in [-0.3, -0.25) is 15.0 Å². The van der Waals surface area contributed by atoms with E-state index in [0.717, 1.165) is 32.7 Å². The summed E-state index contributed by atoms with van der Waals surface area (Å²) in [5, 5.41) is 6.02. The van der Waals surface area contributed by atoms with Crippen LogP contribution in [0.1, 0.15) is 15.9 Å². The molecule has 1 aromatic heterocycles. The smallest absolute Gasteiger partial charge is 0.258 e. The Kier molecular flexibility index (Phi) is 4.72. The predicted molar refractivity (Wildman–Crippen MR) is 84.6 cm³/mol. The summed E-state index contributed by atoms with van der Waals surface area (Å²) in [5.74, 6) is 0.123. The molecule has 1 saturated heterocycles. The largest absolute Gasteiger partial charge is 0.314 e. The summed E-state index contributed by atoms with van der Waals surface area (Å²) in [6.45, 7) is 5.13. The highest BCUT2D eigenvalue weighted by Crippen LogP contribution is 2.09. The second kappa shape index (κ2) is 7.11. The normalized spacial score (nSPS) is 15.5. The fourth-order valence-electron chi connectivity index (χ4n) is 2.43. The minimum absolute atomic E-state index is 0.195. The van der Waals surface area contributed by atoms with Gasteiger partial charge in [-0.25, -0.2) is 9.97 Å². The molecular formula is C16H19N5O. The fourth-order valence-corrected chi connectivity index (χ4v) is 2.43. The Morgan fingerprint density at radius 2 is 1.82 bits per heavy atom. The number of amides is 1. The summed E-state index contributed by atoms with van der Waals surface area (Å²) < 4.78 is 0. The van der Waals surface area contributed by atoms with Gasteiger partial charge in [-0.2, -0.15) is 0 Å². The second-order valence-corrected chi connectivity index (χ2v) is 5.25. The van der Waals surface area contributed by atoms with E-state index in [2.05, 4.69) is 25.5 Å². The van der Waals surface area contributed by atoms with Gasteiger partial charge in [0.2, 0.25) is 5.95 Å². The predicted octanol–water partition coefficient (Wildman–Crippen LogP) is 1.13. The molecule has 0 aliphatic carbocycles. The lowest BCUT2D eigenvalue weighted by Crippen LogP contribution is -2.42. The van der Waals surface area contributed by atoms with Gasteiger partial charge in [-0.1, -0.05) is 12.1 Å². The van der Waals surface area contributed by atoms with Crippen LogP contribution in [-0.2, 0) is 6.54 Å². The first-order valence-electron chi connectivity index (χ1n) is 7.42. The molecule has 0 atom stereocenters. The van der Waals surface area contributed by atoms with Gasteiger partial charge in [0.25, 0.3) is 5.91 Å². The number of nitrogens with zero attached hydrogens (tertiary/aromatic N) is 3. The van der Waals surface area contributed by atoms with E-state index in [1.165, 1.54) is 5.56 Å². The highest BCUT2D eigenvalue weighted by molar-refractivity contribution is 6.03. The first-order valence-corrected chi connectivity index (χ1v) is 7.42. The Bertz CT molecular complexity index is 608. The third kappa shape index (κ3) is 3.87. The average molecular weight is 297 g/mol. The summed E-state index contributed by atoms with van der Waals surface area (Å²) in [5.41, 5.74) is 1.82. The third-order valence-corrected chi connectivity index (χ3v) is 3.62. The number of piperazine rings is 1. The molecule has 1 aliphatic rings. The van der Waals surface area contributed by atoms with E-state index in [4.69, 9.17) is 0 Å². The Morgan fingerprint density at radius 1 is 1.14 bits per heavy atom. The van der Waals surface area contributed by atoms with Gasteiger partial charge < -0.3 is 5.32 Å². The molecule has 6 heteroatoms. The number of rotatable bonds is 4. The van der Waals surface area contributed by atoms with Gasteiger partial charge in [0, 0.05) is 50.7 Å². The van der Waals surface area contributed by atoms with E-state index in [0.29, 0.717) is 11.5 Å². The van der Waals surface area contributed by atoms with Crippen molar-refractivity contribution in [1.82, 2.24) is 20.2 Å². The van der Waals surface area contributed by atoms with Crippen LogP contribution in [0.25, 0.3) is 0 Å². The van der Waals surface area contributed by atoms with Gasteiger partial charge in [-0.05, 0) is 23.8 Å². The molecule has 2 aromatic rings. The van der Waals surface area contributed by atoms with Crippen LogP contribution in [0.15, 0.2) is 42.7 Å². The van der Waals surface area contributed by atoms with Crippen LogP contribution in [0.2, 0.25) is 0 Å². The number of aromatic nitrogens is 2. The van der Waals surface area contributed by atoms with Crippen molar-refractivity contribution in [2.24, 2.45) is 0 Å². The molecule has 2 heterocycles. The van der Waals surface area contributed by atoms with Crippen LogP contribution in [0.4, 0.5) is 5.95 Å². The maximum absolute atomic E-state index is 12.1. The number of carbonyl (C=O) groups excluding carboxylic acids is 1. The van der Waals surface area contributed by atoms with Crippen LogP contribution in [0, 0.1) is 0 Å². The summed E-state index contributed by atoms with van der Waals surface area (Å²) >= 11 is 0. The Balaban J connectivity index is 1.59. The van der Waals surface area contributed by atoms with Crippen LogP contribution < -0.4 is 10.6 Å². The maximum atomic E-state index is 12.1. The topological polar surface area (TPSA) is 70.2 Å². The van der Waals surface area contributed by atoms with Crippen LogP contribution in [0.5, 0.6) is 0 Å². The van der Waals surface area contributed by atoms with Crippen molar-refractivity contribution < 1.29 is 4.79 Å². The number of nitrogens with one attached hydrogen (secondary N) is 2. The van der Waals surface area contributed by atoms with Crippen molar-refractivity contribution in [3.63, 3.8) is 0 Å². The first-order chi connectivity index (χ1) is 10.8. The number of hydrogen-bond donors (Lipinski definition) is 2. The van der Waals surface area contributed by atoms with Crippen molar-refractivity contribution in [3.05, 3.63) is 53.9 Å². The molecule has 0 saturated carbocycles. The minimum Gasteiger partial charge on any atom is -0.314 e. The zero-order valence-corrected chi connectivity index (χ0v) is 12.3. The summed E-state index contributed by atoms with van der Waals surface area (Å²) in [6, 6.07) is 9.40. The summed E-state index contributed by atoms with van der Waals surface area (Å²) in [6.07, 6.45) is 3.19. The van der Waals surface area contributed by atoms with Crippen LogP contribution in [-0.4, -0.2) is 47.0 Å². The highest BCUT2D eigenvalue weighted by atomic mass is 16.1. The van der Waals surface area contributed by atoms with Gasteiger partial charge in [0.05, 0.1) is 0 Å². The molecule has 22 heavy (non-hydrogen) atoms. The zero-order chi connectivity index (χ0) is 15.2. The molecule has 0 bridgehead atoms. The van der Waals surface area contributed by atoms with Gasteiger partial charge >= 0.3 is 0 Å². The summed E-state index contributed by atoms with van der Waals surface area (Å²) in [7, 11) is 0. The lowest BCUT2D eigenvalue weighted by molar-refractivity contribution is 0.102. The fraction of sp³-hybridized carbons (Fsp3) is 0.312. The SMILES string of the molecule is O=C(Nc1ncccn1)c1ccc(CN2CCNCC2)cc1. The Labute approximate surface area is 129 Å². The lowest BCUT2D eigenvalue weighted by atomic mass is 10.1. The van der Waals surface area contributed by atoms with E-state index in [-0.39, 0.29) is 5.91 Å². The number of hydrogen-bond acceptors (Lipinski definition) is 5. The molecule has 1 fully saturated rings. The van der Waals surface area contributed by atoms with Gasteiger partial charge in [0.1, 0.15) is 0 Å². The Morgan fingerprint density at radius 3 is 2.50 bits per heavy atom. The number of carbonyl (C=O) groups is 1. The van der Waals surface area contributed by atoms with Crippen molar-refractivity contribution in [2.75, 3.05) is 31.5 Å². The molecule has 1 amide bonds. The molecule has 0 radical (unpaired) electrons. The molecule has 2 N–H and O–H groups in total. The van der Waals surface area contributed by atoms with Crippen LogP contribution in [0.3, 0.4) is 0 Å². The highest BCUT2D eigenvalue weighted by Gasteiger charge is 2.11. The molecule has 0 spiro atoms. The van der Waals surface area contributed by atoms with Crippen molar-refractivity contribution in [3.8, 4) is 0 Å².